The Kier molecular flexibility index (Phi) is 5.68. The van der Waals surface area contributed by atoms with Gasteiger partial charge in [0.05, 0.1) is 19.7 Å². The molecule has 0 aliphatic heterocycles. The minimum Gasteiger partial charge on any atom is -0.493 e. The summed E-state index contributed by atoms with van der Waals surface area (Å²) < 4.78 is 10.4. The molecule has 0 bridgehead atoms. The fourth-order valence-corrected chi connectivity index (χ4v) is 3.30. The van der Waals surface area contributed by atoms with E-state index >= 15 is 0 Å². The molecule has 0 saturated carbocycles. The van der Waals surface area contributed by atoms with Crippen molar-refractivity contribution in [3.05, 3.63) is 63.4 Å². The maximum atomic E-state index is 12.4. The number of hydrogen-bond acceptors (Lipinski definition) is 4. The summed E-state index contributed by atoms with van der Waals surface area (Å²) in [5.41, 5.74) is 4.06. The SMILES string of the molecule is COc1ccc(NC(=O)CCc2cc3cc(C)cc(C)c3[nH]c2=O)cc1OC. The summed E-state index contributed by atoms with van der Waals surface area (Å²) in [4.78, 5) is 27.6. The molecule has 2 N–H and O–H groups in total. The number of methoxy groups -OCH3 is 2. The first-order chi connectivity index (χ1) is 13.4. The standard InChI is InChI=1S/C22H24N2O4/c1-13-9-14(2)21-16(10-13)11-15(22(26)24-21)5-8-20(25)23-17-6-7-18(27-3)19(12-17)28-4/h6-7,9-12H,5,8H2,1-4H3,(H,23,25)(H,24,26). The number of nitrogens with one attached hydrogen (secondary N) is 2. The topological polar surface area (TPSA) is 80.4 Å². The van der Waals surface area contributed by atoms with E-state index in [1.54, 1.807) is 32.4 Å². The van der Waals surface area contributed by atoms with Gasteiger partial charge in [0.1, 0.15) is 0 Å². The Morgan fingerprint density at radius 2 is 1.79 bits per heavy atom. The summed E-state index contributed by atoms with van der Waals surface area (Å²) in [6.07, 6.45) is 0.561. The van der Waals surface area contributed by atoms with Crippen LogP contribution in [0.15, 0.2) is 41.2 Å². The van der Waals surface area contributed by atoms with Crippen LogP contribution in [0.4, 0.5) is 5.69 Å². The van der Waals surface area contributed by atoms with Gasteiger partial charge in [-0.2, -0.15) is 0 Å². The number of aryl methyl sites for hydroxylation is 3. The second kappa shape index (κ2) is 8.17. The van der Waals surface area contributed by atoms with Crippen molar-refractivity contribution < 1.29 is 14.3 Å². The predicted octanol–water partition coefficient (Wildman–Crippen LogP) is 3.73. The smallest absolute Gasteiger partial charge is 0.251 e. The van der Waals surface area contributed by atoms with E-state index in [0.717, 1.165) is 22.0 Å². The number of anilines is 1. The number of hydrogen-bond donors (Lipinski definition) is 2. The molecule has 3 aromatic rings. The zero-order chi connectivity index (χ0) is 20.3. The maximum Gasteiger partial charge on any atom is 0.251 e. The van der Waals surface area contributed by atoms with E-state index in [4.69, 9.17) is 9.47 Å². The normalized spacial score (nSPS) is 10.7. The van der Waals surface area contributed by atoms with Crippen molar-refractivity contribution in [3.63, 3.8) is 0 Å². The summed E-state index contributed by atoms with van der Waals surface area (Å²) in [7, 11) is 3.10. The van der Waals surface area contributed by atoms with Crippen molar-refractivity contribution in [1.82, 2.24) is 4.98 Å². The second-order valence-electron chi connectivity index (χ2n) is 6.79. The van der Waals surface area contributed by atoms with Gasteiger partial charge in [0, 0.05) is 23.7 Å². The maximum absolute atomic E-state index is 12.4. The lowest BCUT2D eigenvalue weighted by atomic mass is 10.0. The molecule has 0 radical (unpaired) electrons. The quantitative estimate of drug-likeness (QED) is 0.683. The fourth-order valence-electron chi connectivity index (χ4n) is 3.30. The fraction of sp³-hybridized carbons (Fsp3) is 0.273. The molecule has 2 aromatic carbocycles. The minimum absolute atomic E-state index is 0.154. The lowest BCUT2D eigenvalue weighted by molar-refractivity contribution is -0.116. The second-order valence-corrected chi connectivity index (χ2v) is 6.79. The van der Waals surface area contributed by atoms with Gasteiger partial charge in [-0.1, -0.05) is 11.6 Å². The number of amides is 1. The van der Waals surface area contributed by atoms with E-state index in [1.807, 2.05) is 32.0 Å². The molecular weight excluding hydrogens is 356 g/mol. The van der Waals surface area contributed by atoms with Crippen molar-refractivity contribution in [3.8, 4) is 11.5 Å². The summed E-state index contributed by atoms with van der Waals surface area (Å²) in [6.45, 7) is 4.00. The zero-order valence-corrected chi connectivity index (χ0v) is 16.5. The van der Waals surface area contributed by atoms with Crippen LogP contribution in [0.2, 0.25) is 0 Å². The molecule has 0 spiro atoms. The lowest BCUT2D eigenvalue weighted by Crippen LogP contribution is -2.17. The average molecular weight is 380 g/mol. The van der Waals surface area contributed by atoms with Gasteiger partial charge in [-0.05, 0) is 55.5 Å². The van der Waals surface area contributed by atoms with Crippen molar-refractivity contribution in [2.75, 3.05) is 19.5 Å². The highest BCUT2D eigenvalue weighted by Gasteiger charge is 2.10. The lowest BCUT2D eigenvalue weighted by Gasteiger charge is -2.11. The van der Waals surface area contributed by atoms with Gasteiger partial charge in [-0.25, -0.2) is 0 Å². The summed E-state index contributed by atoms with van der Waals surface area (Å²) in [5.74, 6) is 0.956. The number of pyridine rings is 1. The number of fused-ring (bicyclic) bond motifs is 1. The molecule has 1 aromatic heterocycles. The molecule has 3 rings (SSSR count). The largest absolute Gasteiger partial charge is 0.493 e. The van der Waals surface area contributed by atoms with Crippen molar-refractivity contribution in [2.45, 2.75) is 26.7 Å². The van der Waals surface area contributed by atoms with E-state index < -0.39 is 0 Å². The third kappa shape index (κ3) is 4.17. The van der Waals surface area contributed by atoms with Crippen molar-refractivity contribution >= 4 is 22.5 Å². The van der Waals surface area contributed by atoms with E-state index in [-0.39, 0.29) is 17.9 Å². The predicted molar refractivity (Wildman–Crippen MR) is 111 cm³/mol. The Morgan fingerprint density at radius 3 is 2.50 bits per heavy atom. The molecule has 0 saturated heterocycles. The van der Waals surface area contributed by atoms with Gasteiger partial charge in [0.25, 0.3) is 5.56 Å². The number of H-pyrrole nitrogens is 1. The average Bonchev–Trinajstić information content (AvgIpc) is 2.67. The number of aromatic nitrogens is 1. The van der Waals surface area contributed by atoms with Gasteiger partial charge >= 0.3 is 0 Å². The third-order valence-corrected chi connectivity index (χ3v) is 4.66. The molecule has 28 heavy (non-hydrogen) atoms. The van der Waals surface area contributed by atoms with Gasteiger partial charge in [-0.15, -0.1) is 0 Å². The molecule has 0 unspecified atom stereocenters. The molecule has 1 heterocycles. The van der Waals surface area contributed by atoms with Crippen LogP contribution >= 0.6 is 0 Å². The van der Waals surface area contributed by atoms with E-state index in [2.05, 4.69) is 10.3 Å². The van der Waals surface area contributed by atoms with Crippen LogP contribution in [0.3, 0.4) is 0 Å². The Labute approximate surface area is 163 Å². The number of benzene rings is 2. The van der Waals surface area contributed by atoms with E-state index in [0.29, 0.717) is 29.2 Å². The van der Waals surface area contributed by atoms with Crippen LogP contribution in [0.25, 0.3) is 10.9 Å². The summed E-state index contributed by atoms with van der Waals surface area (Å²) in [5, 5.41) is 3.81. The molecule has 0 aliphatic carbocycles. The molecule has 0 aliphatic rings. The number of aromatic amines is 1. The van der Waals surface area contributed by atoms with Gasteiger partial charge in [0.15, 0.2) is 11.5 Å². The minimum atomic E-state index is -0.174. The van der Waals surface area contributed by atoms with Crippen LogP contribution in [-0.4, -0.2) is 25.1 Å². The molecular formula is C22H24N2O4. The van der Waals surface area contributed by atoms with Gasteiger partial charge in [0.2, 0.25) is 5.91 Å². The molecule has 0 fully saturated rings. The highest BCUT2D eigenvalue weighted by Crippen LogP contribution is 2.29. The molecule has 6 heteroatoms. The zero-order valence-electron chi connectivity index (χ0n) is 16.5. The van der Waals surface area contributed by atoms with Crippen LogP contribution in [-0.2, 0) is 11.2 Å². The monoisotopic (exact) mass is 380 g/mol. The van der Waals surface area contributed by atoms with E-state index in [1.165, 1.54) is 0 Å². The third-order valence-electron chi connectivity index (χ3n) is 4.66. The summed E-state index contributed by atoms with van der Waals surface area (Å²) >= 11 is 0. The Morgan fingerprint density at radius 1 is 1.04 bits per heavy atom. The van der Waals surface area contributed by atoms with Crippen molar-refractivity contribution in [1.29, 1.82) is 0 Å². The summed E-state index contributed by atoms with van der Waals surface area (Å²) in [6, 6.07) is 11.1. The van der Waals surface area contributed by atoms with Gasteiger partial charge in [-0.3, -0.25) is 9.59 Å². The molecule has 0 atom stereocenters. The van der Waals surface area contributed by atoms with Crippen LogP contribution in [0.5, 0.6) is 11.5 Å². The molecule has 1 amide bonds. The van der Waals surface area contributed by atoms with Crippen LogP contribution in [0.1, 0.15) is 23.1 Å². The van der Waals surface area contributed by atoms with Crippen molar-refractivity contribution in [2.24, 2.45) is 0 Å². The first kappa shape index (κ1) is 19.5. The number of carbonyl (C=O) groups excluding carboxylic acids is 1. The Bertz CT molecular complexity index is 1090. The molecule has 146 valence electrons. The first-order valence-corrected chi connectivity index (χ1v) is 9.06. The number of rotatable bonds is 6. The highest BCUT2D eigenvalue weighted by molar-refractivity contribution is 5.91. The first-order valence-electron chi connectivity index (χ1n) is 9.06. The van der Waals surface area contributed by atoms with Crippen LogP contribution < -0.4 is 20.3 Å². The number of carbonyl (C=O) groups is 1. The number of ether oxygens (including phenoxy) is 2. The Hall–Kier alpha value is -3.28. The van der Waals surface area contributed by atoms with Crippen LogP contribution in [0, 0.1) is 13.8 Å². The van der Waals surface area contributed by atoms with Gasteiger partial charge < -0.3 is 19.8 Å². The Balaban J connectivity index is 1.72. The van der Waals surface area contributed by atoms with E-state index in [9.17, 15) is 9.59 Å². The molecule has 6 nitrogen and oxygen atoms in total. The highest BCUT2D eigenvalue weighted by atomic mass is 16.5.